The SMILES string of the molecule is C=C(C)/C=C\C(=C)N(C)CCC(C)(CC)CC. The Labute approximate surface area is 108 Å². The first kappa shape index (κ1) is 16.0. The van der Waals surface area contributed by atoms with Gasteiger partial charge in [-0.25, -0.2) is 0 Å². The molecule has 0 aromatic carbocycles. The van der Waals surface area contributed by atoms with Crippen LogP contribution in [0.2, 0.25) is 0 Å². The van der Waals surface area contributed by atoms with E-state index in [2.05, 4.69) is 45.9 Å². The van der Waals surface area contributed by atoms with Crippen molar-refractivity contribution in [3.63, 3.8) is 0 Å². The van der Waals surface area contributed by atoms with Crippen LogP contribution in [0.3, 0.4) is 0 Å². The second kappa shape index (κ2) is 7.37. The summed E-state index contributed by atoms with van der Waals surface area (Å²) in [7, 11) is 2.11. The van der Waals surface area contributed by atoms with E-state index in [1.807, 2.05) is 19.1 Å². The molecule has 17 heavy (non-hydrogen) atoms. The topological polar surface area (TPSA) is 3.24 Å². The lowest BCUT2D eigenvalue weighted by atomic mass is 9.81. The quantitative estimate of drug-likeness (QED) is 0.547. The molecule has 0 atom stereocenters. The first-order valence-corrected chi connectivity index (χ1v) is 6.58. The van der Waals surface area contributed by atoms with E-state index in [0.29, 0.717) is 5.41 Å². The van der Waals surface area contributed by atoms with E-state index in [1.54, 1.807) is 0 Å². The lowest BCUT2D eigenvalue weighted by Gasteiger charge is -2.30. The molecule has 0 fully saturated rings. The molecule has 1 heteroatoms. The molecule has 0 aromatic heterocycles. The van der Waals surface area contributed by atoms with Crippen LogP contribution in [0.1, 0.15) is 47.0 Å². The summed E-state index contributed by atoms with van der Waals surface area (Å²) in [5.41, 5.74) is 2.58. The predicted molar refractivity (Wildman–Crippen MR) is 79.0 cm³/mol. The van der Waals surface area contributed by atoms with Gasteiger partial charge in [-0.05, 0) is 24.8 Å². The van der Waals surface area contributed by atoms with Crippen molar-refractivity contribution >= 4 is 0 Å². The molecule has 0 rings (SSSR count). The van der Waals surface area contributed by atoms with Gasteiger partial charge in [0.05, 0.1) is 0 Å². The molecule has 0 N–H and O–H groups in total. The van der Waals surface area contributed by atoms with E-state index in [1.165, 1.54) is 19.3 Å². The van der Waals surface area contributed by atoms with E-state index in [4.69, 9.17) is 0 Å². The summed E-state index contributed by atoms with van der Waals surface area (Å²) in [6.45, 7) is 17.9. The highest BCUT2D eigenvalue weighted by atomic mass is 15.1. The molecule has 1 nitrogen and oxygen atoms in total. The molecule has 0 saturated carbocycles. The summed E-state index contributed by atoms with van der Waals surface area (Å²) in [6, 6.07) is 0. The Morgan fingerprint density at radius 2 is 1.71 bits per heavy atom. The van der Waals surface area contributed by atoms with Crippen molar-refractivity contribution in [2.75, 3.05) is 13.6 Å². The first-order chi connectivity index (χ1) is 7.84. The van der Waals surface area contributed by atoms with E-state index in [9.17, 15) is 0 Å². The summed E-state index contributed by atoms with van der Waals surface area (Å²) in [6.07, 6.45) is 7.75. The van der Waals surface area contributed by atoms with E-state index >= 15 is 0 Å². The highest BCUT2D eigenvalue weighted by molar-refractivity contribution is 5.21. The Morgan fingerprint density at radius 1 is 1.18 bits per heavy atom. The van der Waals surface area contributed by atoms with Crippen molar-refractivity contribution in [1.82, 2.24) is 4.90 Å². The van der Waals surface area contributed by atoms with Gasteiger partial charge in [0, 0.05) is 19.3 Å². The van der Waals surface area contributed by atoms with Crippen LogP contribution in [-0.4, -0.2) is 18.5 Å². The highest BCUT2D eigenvalue weighted by Crippen LogP contribution is 2.29. The van der Waals surface area contributed by atoms with Crippen molar-refractivity contribution in [3.05, 3.63) is 36.6 Å². The smallest absolute Gasteiger partial charge is 0.0290 e. The zero-order valence-corrected chi connectivity index (χ0v) is 12.3. The molecule has 0 saturated heterocycles. The summed E-state index contributed by atoms with van der Waals surface area (Å²) >= 11 is 0. The van der Waals surface area contributed by atoms with Crippen molar-refractivity contribution in [3.8, 4) is 0 Å². The number of rotatable bonds is 8. The summed E-state index contributed by atoms with van der Waals surface area (Å²) in [5, 5.41) is 0. The molecule has 0 aliphatic rings. The Hall–Kier alpha value is -0.980. The van der Waals surface area contributed by atoms with Gasteiger partial charge in [-0.1, -0.05) is 58.4 Å². The van der Waals surface area contributed by atoms with E-state index in [-0.39, 0.29) is 0 Å². The average Bonchev–Trinajstić information content (AvgIpc) is 2.32. The van der Waals surface area contributed by atoms with Crippen LogP contribution in [0, 0.1) is 5.41 Å². The third kappa shape index (κ3) is 6.35. The molecule has 0 amide bonds. The fourth-order valence-corrected chi connectivity index (χ4v) is 1.55. The normalized spacial score (nSPS) is 11.8. The number of likely N-dealkylation sites (N-methyl/N-ethyl adjacent to an activating group) is 1. The predicted octanol–water partition coefficient (Wildman–Crippen LogP) is 4.78. The highest BCUT2D eigenvalue weighted by Gasteiger charge is 2.19. The zero-order chi connectivity index (χ0) is 13.5. The molecule has 0 bridgehead atoms. The van der Waals surface area contributed by atoms with Gasteiger partial charge in [0.15, 0.2) is 0 Å². The van der Waals surface area contributed by atoms with Gasteiger partial charge >= 0.3 is 0 Å². The maximum absolute atomic E-state index is 4.08. The summed E-state index contributed by atoms with van der Waals surface area (Å²) in [4.78, 5) is 2.23. The Balaban J connectivity index is 4.22. The lowest BCUT2D eigenvalue weighted by molar-refractivity contribution is 0.238. The molecule has 0 aromatic rings. The van der Waals surface area contributed by atoms with E-state index < -0.39 is 0 Å². The van der Waals surface area contributed by atoms with Gasteiger partial charge in [-0.2, -0.15) is 0 Å². The average molecular weight is 235 g/mol. The van der Waals surface area contributed by atoms with Crippen LogP contribution >= 0.6 is 0 Å². The lowest BCUT2D eigenvalue weighted by Crippen LogP contribution is -2.24. The van der Waals surface area contributed by atoms with Crippen LogP contribution in [0.4, 0.5) is 0 Å². The van der Waals surface area contributed by atoms with Gasteiger partial charge < -0.3 is 4.90 Å². The third-order valence-corrected chi connectivity index (χ3v) is 3.81. The monoisotopic (exact) mass is 235 g/mol. The molecule has 0 heterocycles. The van der Waals surface area contributed by atoms with Gasteiger partial charge in [-0.3, -0.25) is 0 Å². The second-order valence-electron chi connectivity index (χ2n) is 5.36. The van der Waals surface area contributed by atoms with Gasteiger partial charge in [0.2, 0.25) is 0 Å². The van der Waals surface area contributed by atoms with Crippen molar-refractivity contribution in [1.29, 1.82) is 0 Å². The third-order valence-electron chi connectivity index (χ3n) is 3.81. The summed E-state index contributed by atoms with van der Waals surface area (Å²) in [5.74, 6) is 0. The fraction of sp³-hybridized carbons (Fsp3) is 0.625. The fourth-order valence-electron chi connectivity index (χ4n) is 1.55. The first-order valence-electron chi connectivity index (χ1n) is 6.58. The molecule has 0 spiro atoms. The van der Waals surface area contributed by atoms with Crippen LogP contribution in [0.5, 0.6) is 0 Å². The minimum absolute atomic E-state index is 0.465. The largest absolute Gasteiger partial charge is 0.375 e. The van der Waals surface area contributed by atoms with Gasteiger partial charge in [0.1, 0.15) is 0 Å². The maximum atomic E-state index is 4.08. The van der Waals surface area contributed by atoms with Gasteiger partial charge in [-0.15, -0.1) is 0 Å². The number of hydrogen-bond acceptors (Lipinski definition) is 1. The molecular formula is C16H29N. The van der Waals surface area contributed by atoms with E-state index in [0.717, 1.165) is 17.8 Å². The molecular weight excluding hydrogens is 206 g/mol. The Bertz CT molecular complexity index is 282. The molecule has 98 valence electrons. The number of allylic oxidation sites excluding steroid dienone is 3. The Kier molecular flexibility index (Phi) is 6.94. The number of nitrogens with zero attached hydrogens (tertiary/aromatic N) is 1. The van der Waals surface area contributed by atoms with Gasteiger partial charge in [0.25, 0.3) is 0 Å². The Morgan fingerprint density at radius 3 is 2.12 bits per heavy atom. The van der Waals surface area contributed by atoms with Crippen molar-refractivity contribution < 1.29 is 0 Å². The zero-order valence-electron chi connectivity index (χ0n) is 12.3. The van der Waals surface area contributed by atoms with Crippen molar-refractivity contribution in [2.24, 2.45) is 5.41 Å². The van der Waals surface area contributed by atoms with Crippen LogP contribution in [0.25, 0.3) is 0 Å². The minimum atomic E-state index is 0.465. The number of hydrogen-bond donors (Lipinski definition) is 0. The van der Waals surface area contributed by atoms with Crippen LogP contribution < -0.4 is 0 Å². The van der Waals surface area contributed by atoms with Crippen LogP contribution in [0.15, 0.2) is 36.6 Å². The molecule has 0 aliphatic heterocycles. The second-order valence-corrected chi connectivity index (χ2v) is 5.36. The summed E-state index contributed by atoms with van der Waals surface area (Å²) < 4.78 is 0. The standard InChI is InChI=1S/C16H29N/c1-8-16(6,9-2)12-13-17(7)15(5)11-10-14(3)4/h10-11H,3,5,8-9,12-13H2,1-2,4,6-7H3/b11-10-. The van der Waals surface area contributed by atoms with Crippen LogP contribution in [-0.2, 0) is 0 Å². The maximum Gasteiger partial charge on any atom is 0.0290 e. The minimum Gasteiger partial charge on any atom is -0.375 e. The van der Waals surface area contributed by atoms with Crippen molar-refractivity contribution in [2.45, 2.75) is 47.0 Å². The molecule has 0 aliphatic carbocycles. The molecule has 0 unspecified atom stereocenters. The molecule has 0 radical (unpaired) electrons.